The molecule has 0 aliphatic heterocycles. The standard InChI is InChI=1S/C11H15NO/c13-9-11(6-7-11)8-12-10-4-2-1-3-5-10/h1-5,12-13H,6-9H2. The summed E-state index contributed by atoms with van der Waals surface area (Å²) in [6.45, 7) is 1.21. The van der Waals surface area contributed by atoms with E-state index in [1.807, 2.05) is 30.3 Å². The molecule has 0 saturated heterocycles. The van der Waals surface area contributed by atoms with Crippen molar-refractivity contribution < 1.29 is 5.11 Å². The maximum Gasteiger partial charge on any atom is 0.0504 e. The maximum absolute atomic E-state index is 9.09. The summed E-state index contributed by atoms with van der Waals surface area (Å²) in [4.78, 5) is 0. The van der Waals surface area contributed by atoms with Crippen molar-refractivity contribution in [1.29, 1.82) is 0 Å². The van der Waals surface area contributed by atoms with Crippen molar-refractivity contribution in [3.05, 3.63) is 30.3 Å². The van der Waals surface area contributed by atoms with E-state index in [0.717, 1.165) is 25.1 Å². The smallest absolute Gasteiger partial charge is 0.0504 e. The minimum absolute atomic E-state index is 0.190. The van der Waals surface area contributed by atoms with Crippen LogP contribution in [0.25, 0.3) is 0 Å². The van der Waals surface area contributed by atoms with Crippen LogP contribution in [0.1, 0.15) is 12.8 Å². The lowest BCUT2D eigenvalue weighted by Gasteiger charge is -2.13. The van der Waals surface area contributed by atoms with E-state index in [-0.39, 0.29) is 5.41 Å². The quantitative estimate of drug-likeness (QED) is 0.736. The van der Waals surface area contributed by atoms with E-state index in [9.17, 15) is 0 Å². The molecule has 2 heteroatoms. The van der Waals surface area contributed by atoms with Crippen LogP contribution in [0.15, 0.2) is 30.3 Å². The number of hydrogen-bond acceptors (Lipinski definition) is 2. The predicted molar refractivity (Wildman–Crippen MR) is 53.7 cm³/mol. The van der Waals surface area contributed by atoms with Gasteiger partial charge in [0, 0.05) is 17.6 Å². The second-order valence-electron chi connectivity index (χ2n) is 3.88. The summed E-state index contributed by atoms with van der Waals surface area (Å²) in [7, 11) is 0. The van der Waals surface area contributed by atoms with Crippen LogP contribution < -0.4 is 5.32 Å². The molecule has 13 heavy (non-hydrogen) atoms. The van der Waals surface area contributed by atoms with Crippen molar-refractivity contribution in [2.75, 3.05) is 18.5 Å². The Labute approximate surface area is 78.6 Å². The molecule has 2 rings (SSSR count). The predicted octanol–water partition coefficient (Wildman–Crippen LogP) is 1.87. The molecular formula is C11H15NO. The van der Waals surface area contributed by atoms with Gasteiger partial charge in [-0.05, 0) is 25.0 Å². The first-order valence-electron chi connectivity index (χ1n) is 4.74. The Morgan fingerprint density at radius 3 is 2.46 bits per heavy atom. The summed E-state index contributed by atoms with van der Waals surface area (Å²) in [5.74, 6) is 0. The van der Waals surface area contributed by atoms with Crippen molar-refractivity contribution in [1.82, 2.24) is 0 Å². The SMILES string of the molecule is OCC1(CNc2ccccc2)CC1. The summed E-state index contributed by atoms with van der Waals surface area (Å²) < 4.78 is 0. The molecule has 1 fully saturated rings. The highest BCUT2D eigenvalue weighted by atomic mass is 16.3. The fraction of sp³-hybridized carbons (Fsp3) is 0.455. The summed E-state index contributed by atoms with van der Waals surface area (Å²) in [5.41, 5.74) is 1.33. The van der Waals surface area contributed by atoms with E-state index in [4.69, 9.17) is 5.11 Å². The number of hydrogen-bond donors (Lipinski definition) is 2. The van der Waals surface area contributed by atoms with Gasteiger partial charge in [-0.2, -0.15) is 0 Å². The number of anilines is 1. The third-order valence-electron chi connectivity index (χ3n) is 2.73. The Morgan fingerprint density at radius 2 is 1.92 bits per heavy atom. The average Bonchev–Trinajstić information content (AvgIpc) is 2.97. The van der Waals surface area contributed by atoms with Crippen LogP contribution in [-0.2, 0) is 0 Å². The molecule has 1 aliphatic carbocycles. The molecule has 0 amide bonds. The van der Waals surface area contributed by atoms with Crippen LogP contribution in [-0.4, -0.2) is 18.3 Å². The zero-order chi connectivity index (χ0) is 9.15. The van der Waals surface area contributed by atoms with E-state index >= 15 is 0 Å². The number of aliphatic hydroxyl groups is 1. The summed E-state index contributed by atoms with van der Waals surface area (Å²) in [6.07, 6.45) is 2.31. The molecule has 1 aromatic rings. The van der Waals surface area contributed by atoms with Gasteiger partial charge in [0.25, 0.3) is 0 Å². The minimum atomic E-state index is 0.190. The largest absolute Gasteiger partial charge is 0.396 e. The van der Waals surface area contributed by atoms with Gasteiger partial charge in [0.15, 0.2) is 0 Å². The van der Waals surface area contributed by atoms with Crippen molar-refractivity contribution >= 4 is 5.69 Å². The fourth-order valence-electron chi connectivity index (χ4n) is 1.41. The molecule has 1 aromatic carbocycles. The van der Waals surface area contributed by atoms with Gasteiger partial charge in [0.1, 0.15) is 0 Å². The lowest BCUT2D eigenvalue weighted by atomic mass is 10.1. The lowest BCUT2D eigenvalue weighted by Crippen LogP contribution is -2.18. The molecule has 70 valence electrons. The topological polar surface area (TPSA) is 32.3 Å². The van der Waals surface area contributed by atoms with E-state index in [1.54, 1.807) is 0 Å². The number of nitrogens with one attached hydrogen (secondary N) is 1. The first-order valence-corrected chi connectivity index (χ1v) is 4.74. The number of aliphatic hydroxyl groups excluding tert-OH is 1. The minimum Gasteiger partial charge on any atom is -0.396 e. The second kappa shape index (κ2) is 3.38. The van der Waals surface area contributed by atoms with E-state index in [2.05, 4.69) is 5.32 Å². The molecule has 2 N–H and O–H groups in total. The van der Waals surface area contributed by atoms with Crippen LogP contribution in [0.3, 0.4) is 0 Å². The normalized spacial score (nSPS) is 18.2. The van der Waals surface area contributed by atoms with Crippen LogP contribution >= 0.6 is 0 Å². The average molecular weight is 177 g/mol. The van der Waals surface area contributed by atoms with Gasteiger partial charge in [-0.25, -0.2) is 0 Å². The Balaban J connectivity index is 1.86. The van der Waals surface area contributed by atoms with Crippen LogP contribution in [0, 0.1) is 5.41 Å². The maximum atomic E-state index is 9.09. The van der Waals surface area contributed by atoms with Crippen LogP contribution in [0.2, 0.25) is 0 Å². The number of para-hydroxylation sites is 1. The van der Waals surface area contributed by atoms with Gasteiger partial charge in [0.2, 0.25) is 0 Å². The molecule has 0 atom stereocenters. The van der Waals surface area contributed by atoms with E-state index in [0.29, 0.717) is 6.61 Å². The number of benzene rings is 1. The molecular weight excluding hydrogens is 162 g/mol. The van der Waals surface area contributed by atoms with Gasteiger partial charge in [-0.15, -0.1) is 0 Å². The highest BCUT2D eigenvalue weighted by Crippen LogP contribution is 2.44. The van der Waals surface area contributed by atoms with Crippen LogP contribution in [0.4, 0.5) is 5.69 Å². The molecule has 2 nitrogen and oxygen atoms in total. The fourth-order valence-corrected chi connectivity index (χ4v) is 1.41. The van der Waals surface area contributed by atoms with Gasteiger partial charge < -0.3 is 10.4 Å². The molecule has 0 aromatic heterocycles. The second-order valence-corrected chi connectivity index (χ2v) is 3.88. The molecule has 0 heterocycles. The molecule has 0 bridgehead atoms. The first-order chi connectivity index (χ1) is 6.35. The Morgan fingerprint density at radius 1 is 1.23 bits per heavy atom. The Hall–Kier alpha value is -1.02. The molecule has 1 saturated carbocycles. The van der Waals surface area contributed by atoms with E-state index < -0.39 is 0 Å². The first kappa shape index (κ1) is 8.57. The third kappa shape index (κ3) is 2.01. The highest BCUT2D eigenvalue weighted by molar-refractivity contribution is 5.42. The van der Waals surface area contributed by atoms with Gasteiger partial charge in [0.05, 0.1) is 6.61 Å². The van der Waals surface area contributed by atoms with Crippen molar-refractivity contribution in [2.24, 2.45) is 5.41 Å². The Bertz CT molecular complexity index is 267. The van der Waals surface area contributed by atoms with Crippen molar-refractivity contribution in [3.8, 4) is 0 Å². The zero-order valence-electron chi connectivity index (χ0n) is 7.66. The van der Waals surface area contributed by atoms with Gasteiger partial charge in [-0.1, -0.05) is 18.2 Å². The molecule has 0 unspecified atom stereocenters. The van der Waals surface area contributed by atoms with Crippen molar-refractivity contribution in [2.45, 2.75) is 12.8 Å². The highest BCUT2D eigenvalue weighted by Gasteiger charge is 2.41. The molecule has 0 spiro atoms. The summed E-state index contributed by atoms with van der Waals surface area (Å²) in [5, 5.41) is 12.4. The van der Waals surface area contributed by atoms with Gasteiger partial charge in [-0.3, -0.25) is 0 Å². The monoisotopic (exact) mass is 177 g/mol. The summed E-state index contributed by atoms with van der Waals surface area (Å²) >= 11 is 0. The molecule has 1 aliphatic rings. The van der Waals surface area contributed by atoms with Crippen molar-refractivity contribution in [3.63, 3.8) is 0 Å². The summed E-state index contributed by atoms with van der Waals surface area (Å²) in [6, 6.07) is 10.1. The zero-order valence-corrected chi connectivity index (χ0v) is 7.66. The Kier molecular flexibility index (Phi) is 2.23. The van der Waals surface area contributed by atoms with E-state index in [1.165, 1.54) is 0 Å². The lowest BCUT2D eigenvalue weighted by molar-refractivity contribution is 0.220. The third-order valence-corrected chi connectivity index (χ3v) is 2.73. The molecule has 0 radical (unpaired) electrons. The van der Waals surface area contributed by atoms with Gasteiger partial charge >= 0.3 is 0 Å². The van der Waals surface area contributed by atoms with Crippen LogP contribution in [0.5, 0.6) is 0 Å². The number of rotatable bonds is 4.